The fourth-order valence-corrected chi connectivity index (χ4v) is 2.59. The third kappa shape index (κ3) is 3.42. The Balaban J connectivity index is 2.02. The van der Waals surface area contributed by atoms with Crippen LogP contribution in [0.3, 0.4) is 0 Å². The van der Waals surface area contributed by atoms with Crippen LogP contribution in [0, 0.1) is 18.2 Å². The molecule has 1 amide bonds. The molecule has 5 nitrogen and oxygen atoms in total. The van der Waals surface area contributed by atoms with Gasteiger partial charge < -0.3 is 10.1 Å². The summed E-state index contributed by atoms with van der Waals surface area (Å²) in [5.74, 6) is 2.15. The number of aromatic amines is 1. The summed E-state index contributed by atoms with van der Waals surface area (Å²) in [6.45, 7) is 0.128. The van der Waals surface area contributed by atoms with E-state index in [1.807, 2.05) is 0 Å². The van der Waals surface area contributed by atoms with Crippen molar-refractivity contribution in [1.29, 1.82) is 0 Å². The summed E-state index contributed by atoms with van der Waals surface area (Å²) in [6, 6.07) is 9.50. The molecule has 0 aliphatic heterocycles. The summed E-state index contributed by atoms with van der Waals surface area (Å²) in [7, 11) is 1.49. The first-order chi connectivity index (χ1) is 12.6. The van der Waals surface area contributed by atoms with E-state index in [4.69, 9.17) is 11.2 Å². The lowest BCUT2D eigenvalue weighted by molar-refractivity contribution is 0.0956. The van der Waals surface area contributed by atoms with Crippen molar-refractivity contribution >= 4 is 29.0 Å². The largest absolute Gasteiger partial charge is 0.495 e. The zero-order valence-electron chi connectivity index (χ0n) is 14.0. The minimum absolute atomic E-state index is 0.128. The van der Waals surface area contributed by atoms with Crippen LogP contribution in [-0.2, 0) is 0 Å². The van der Waals surface area contributed by atoms with Gasteiger partial charge in [0.25, 0.3) is 5.91 Å². The third-order valence-electron chi connectivity index (χ3n) is 3.81. The molecule has 0 spiro atoms. The predicted octanol–water partition coefficient (Wildman–Crippen LogP) is 3.24. The highest BCUT2D eigenvalue weighted by molar-refractivity contribution is 6.05. The van der Waals surface area contributed by atoms with E-state index in [2.05, 4.69) is 21.4 Å². The summed E-state index contributed by atoms with van der Waals surface area (Å²) in [5, 5.41) is 10.5. The van der Waals surface area contributed by atoms with Crippen molar-refractivity contribution < 1.29 is 13.9 Å². The number of aromatic nitrogens is 2. The molecular formula is C20H16FN3O2. The van der Waals surface area contributed by atoms with E-state index in [1.165, 1.54) is 19.2 Å². The number of nitrogens with zero attached hydrogens (tertiary/aromatic N) is 1. The van der Waals surface area contributed by atoms with Gasteiger partial charge in [-0.05, 0) is 35.9 Å². The molecule has 3 aromatic rings. The Labute approximate surface area is 149 Å². The van der Waals surface area contributed by atoms with Crippen molar-refractivity contribution in [3.8, 4) is 18.1 Å². The van der Waals surface area contributed by atoms with Crippen LogP contribution in [0.2, 0.25) is 0 Å². The second kappa shape index (κ2) is 7.53. The van der Waals surface area contributed by atoms with E-state index in [0.717, 1.165) is 11.1 Å². The Hall–Kier alpha value is -3.59. The molecule has 0 saturated carbocycles. The number of benzene rings is 2. The topological polar surface area (TPSA) is 67.0 Å². The molecule has 0 fully saturated rings. The maximum Gasteiger partial charge on any atom is 0.255 e. The van der Waals surface area contributed by atoms with Crippen LogP contribution in [-0.4, -0.2) is 29.8 Å². The number of rotatable bonds is 5. The van der Waals surface area contributed by atoms with Gasteiger partial charge in [-0.3, -0.25) is 9.89 Å². The molecule has 3 rings (SSSR count). The van der Waals surface area contributed by atoms with E-state index < -0.39 is 0 Å². The van der Waals surface area contributed by atoms with Crippen molar-refractivity contribution in [2.45, 2.75) is 0 Å². The molecule has 0 aliphatic carbocycles. The monoisotopic (exact) mass is 349 g/mol. The fourth-order valence-electron chi connectivity index (χ4n) is 2.59. The van der Waals surface area contributed by atoms with Gasteiger partial charge in [0.1, 0.15) is 11.6 Å². The minimum atomic E-state index is -0.323. The van der Waals surface area contributed by atoms with Gasteiger partial charge in [0.2, 0.25) is 0 Å². The highest BCUT2D eigenvalue weighted by atomic mass is 19.1. The number of fused-ring (bicyclic) bond motifs is 1. The summed E-state index contributed by atoms with van der Waals surface area (Å²) in [5.41, 5.74) is 2.53. The highest BCUT2D eigenvalue weighted by Gasteiger charge is 2.18. The predicted molar refractivity (Wildman–Crippen MR) is 99.1 cm³/mol. The van der Waals surface area contributed by atoms with Gasteiger partial charge >= 0.3 is 0 Å². The number of halogens is 1. The Morgan fingerprint density at radius 3 is 2.77 bits per heavy atom. The van der Waals surface area contributed by atoms with Gasteiger partial charge in [-0.1, -0.05) is 24.1 Å². The molecule has 6 heteroatoms. The second-order valence-corrected chi connectivity index (χ2v) is 5.45. The molecule has 0 radical (unpaired) electrons. The van der Waals surface area contributed by atoms with Gasteiger partial charge in [0, 0.05) is 0 Å². The first kappa shape index (κ1) is 17.2. The zero-order valence-corrected chi connectivity index (χ0v) is 14.0. The molecule has 1 heterocycles. The molecule has 26 heavy (non-hydrogen) atoms. The van der Waals surface area contributed by atoms with Gasteiger partial charge in [0.05, 0.1) is 35.8 Å². The lowest BCUT2D eigenvalue weighted by atomic mass is 10.1. The summed E-state index contributed by atoms with van der Waals surface area (Å²) in [6.07, 6.45) is 8.76. The van der Waals surface area contributed by atoms with Crippen LogP contribution in [0.15, 0.2) is 36.4 Å². The van der Waals surface area contributed by atoms with Crippen LogP contribution in [0.1, 0.15) is 21.6 Å². The van der Waals surface area contributed by atoms with E-state index in [9.17, 15) is 9.18 Å². The van der Waals surface area contributed by atoms with Crippen molar-refractivity contribution in [2.24, 2.45) is 0 Å². The Morgan fingerprint density at radius 1 is 1.31 bits per heavy atom. The number of hydrogen-bond acceptors (Lipinski definition) is 3. The standard InChI is InChI=1S/C20H16FN3O2/c1-3-12-22-20(25)15-9-11-17-18(19(15)26-2)16(23-24-17)10-6-13-4-7-14(21)8-5-13/h1,4-11H,12H2,2H3,(H,22,25)(H,23,24)/b10-6+. The quantitative estimate of drug-likeness (QED) is 0.695. The number of methoxy groups -OCH3 is 1. The number of H-pyrrole nitrogens is 1. The number of hydrogen-bond donors (Lipinski definition) is 2. The van der Waals surface area contributed by atoms with Gasteiger partial charge in [-0.25, -0.2) is 4.39 Å². The van der Waals surface area contributed by atoms with Crippen molar-refractivity contribution in [1.82, 2.24) is 15.5 Å². The van der Waals surface area contributed by atoms with E-state index in [-0.39, 0.29) is 18.3 Å². The molecule has 1 aromatic heterocycles. The van der Waals surface area contributed by atoms with Crippen molar-refractivity contribution in [3.05, 3.63) is 59.0 Å². The van der Waals surface area contributed by atoms with Crippen LogP contribution in [0.25, 0.3) is 23.1 Å². The third-order valence-corrected chi connectivity index (χ3v) is 3.81. The lowest BCUT2D eigenvalue weighted by Gasteiger charge is -2.09. The van der Waals surface area contributed by atoms with Gasteiger partial charge in [-0.2, -0.15) is 5.10 Å². The SMILES string of the molecule is C#CCNC(=O)c1ccc2[nH]nc(/C=C/c3ccc(F)cc3)c2c1OC. The number of carbonyl (C=O) groups is 1. The van der Waals surface area contributed by atoms with Crippen LogP contribution in [0.4, 0.5) is 4.39 Å². The molecule has 0 aliphatic rings. The molecule has 0 saturated heterocycles. The molecule has 0 bridgehead atoms. The van der Waals surface area contributed by atoms with Crippen molar-refractivity contribution in [3.63, 3.8) is 0 Å². The number of ether oxygens (including phenoxy) is 1. The van der Waals surface area contributed by atoms with Crippen LogP contribution >= 0.6 is 0 Å². The molecule has 0 atom stereocenters. The minimum Gasteiger partial charge on any atom is -0.495 e. The summed E-state index contributed by atoms with van der Waals surface area (Å²) >= 11 is 0. The average Bonchev–Trinajstić information content (AvgIpc) is 3.08. The van der Waals surface area contributed by atoms with E-state index in [1.54, 1.807) is 36.4 Å². The maximum atomic E-state index is 13.0. The Morgan fingerprint density at radius 2 is 2.08 bits per heavy atom. The smallest absolute Gasteiger partial charge is 0.255 e. The first-order valence-corrected chi connectivity index (χ1v) is 7.84. The zero-order chi connectivity index (χ0) is 18.5. The van der Waals surface area contributed by atoms with Crippen LogP contribution in [0.5, 0.6) is 5.75 Å². The molecular weight excluding hydrogens is 333 g/mol. The number of amides is 1. The summed E-state index contributed by atoms with van der Waals surface area (Å²) in [4.78, 5) is 12.3. The van der Waals surface area contributed by atoms with Gasteiger partial charge in [0.15, 0.2) is 0 Å². The Kier molecular flexibility index (Phi) is 4.99. The number of nitrogens with one attached hydrogen (secondary N) is 2. The average molecular weight is 349 g/mol. The molecule has 130 valence electrons. The summed E-state index contributed by atoms with van der Waals surface area (Å²) < 4.78 is 18.5. The van der Waals surface area contributed by atoms with E-state index in [0.29, 0.717) is 22.4 Å². The molecule has 2 N–H and O–H groups in total. The number of terminal acetylenes is 1. The van der Waals surface area contributed by atoms with Crippen LogP contribution < -0.4 is 10.1 Å². The molecule has 2 aromatic carbocycles. The van der Waals surface area contributed by atoms with Crippen molar-refractivity contribution in [2.75, 3.05) is 13.7 Å². The van der Waals surface area contributed by atoms with E-state index >= 15 is 0 Å². The fraction of sp³-hybridized carbons (Fsp3) is 0.100. The lowest BCUT2D eigenvalue weighted by Crippen LogP contribution is -2.24. The highest BCUT2D eigenvalue weighted by Crippen LogP contribution is 2.32. The first-order valence-electron chi connectivity index (χ1n) is 7.84. The van der Waals surface area contributed by atoms with Gasteiger partial charge in [-0.15, -0.1) is 6.42 Å². The normalized spacial score (nSPS) is 10.8. The number of carbonyl (C=O) groups excluding carboxylic acids is 1. The second-order valence-electron chi connectivity index (χ2n) is 5.45. The molecule has 0 unspecified atom stereocenters. The maximum absolute atomic E-state index is 13.0. The Bertz CT molecular complexity index is 1010.